The summed E-state index contributed by atoms with van der Waals surface area (Å²) < 4.78 is 0. The van der Waals surface area contributed by atoms with Gasteiger partial charge in [0.2, 0.25) is 0 Å². The second-order valence-corrected chi connectivity index (χ2v) is 5.34. The number of pyridine rings is 1. The van der Waals surface area contributed by atoms with Crippen LogP contribution >= 0.6 is 23.5 Å². The van der Waals surface area contributed by atoms with E-state index in [0.29, 0.717) is 10.1 Å². The molecule has 0 aliphatic carbocycles. The summed E-state index contributed by atoms with van der Waals surface area (Å²) in [5.41, 5.74) is 4.45. The predicted molar refractivity (Wildman–Crippen MR) is 76.0 cm³/mol. The first-order valence-corrected chi connectivity index (χ1v) is 7.49. The quantitative estimate of drug-likeness (QED) is 0.536. The number of hydroxylamine groups is 2. The van der Waals surface area contributed by atoms with Gasteiger partial charge in [-0.05, 0) is 12.1 Å². The van der Waals surface area contributed by atoms with Gasteiger partial charge in [0.1, 0.15) is 0 Å². The molecule has 1 heterocycles. The summed E-state index contributed by atoms with van der Waals surface area (Å²) in [7, 11) is 2.76. The number of carbonyl (C=O) groups is 2. The number of amides is 2. The van der Waals surface area contributed by atoms with E-state index in [4.69, 9.17) is 0 Å². The summed E-state index contributed by atoms with van der Waals surface area (Å²) in [4.78, 5) is 35.8. The molecule has 1 rings (SSSR count). The standard InChI is InChI=1S/C11H15N3O4S2/c1-17-13-8(15)6-19-10-4-3-5-11(12-10)20-7-9(16)14-18-2/h3-5H,6-7H2,1-2H3,(H,13,15)(H,14,16). The highest BCUT2D eigenvalue weighted by Gasteiger charge is 2.06. The van der Waals surface area contributed by atoms with E-state index in [-0.39, 0.29) is 23.3 Å². The molecule has 0 aliphatic heterocycles. The summed E-state index contributed by atoms with van der Waals surface area (Å²) in [6.45, 7) is 0. The minimum Gasteiger partial charge on any atom is -0.277 e. The lowest BCUT2D eigenvalue weighted by atomic mass is 10.5. The van der Waals surface area contributed by atoms with Crippen LogP contribution in [0, 0.1) is 0 Å². The van der Waals surface area contributed by atoms with E-state index in [1.54, 1.807) is 12.1 Å². The van der Waals surface area contributed by atoms with Crippen LogP contribution in [0.2, 0.25) is 0 Å². The van der Waals surface area contributed by atoms with Crippen molar-refractivity contribution in [1.29, 1.82) is 0 Å². The third-order valence-electron chi connectivity index (χ3n) is 1.83. The maximum atomic E-state index is 11.2. The first-order chi connectivity index (χ1) is 9.65. The van der Waals surface area contributed by atoms with Crippen LogP contribution in [0.3, 0.4) is 0 Å². The topological polar surface area (TPSA) is 89.5 Å². The number of nitrogens with zero attached hydrogens (tertiary/aromatic N) is 1. The number of carbonyl (C=O) groups excluding carboxylic acids is 2. The Morgan fingerprint density at radius 2 is 1.50 bits per heavy atom. The molecule has 0 aliphatic rings. The van der Waals surface area contributed by atoms with Crippen molar-refractivity contribution in [3.8, 4) is 0 Å². The van der Waals surface area contributed by atoms with Gasteiger partial charge in [-0.1, -0.05) is 29.6 Å². The molecule has 0 saturated heterocycles. The van der Waals surface area contributed by atoms with Gasteiger partial charge in [-0.15, -0.1) is 0 Å². The monoisotopic (exact) mass is 317 g/mol. The second-order valence-electron chi connectivity index (χ2n) is 3.35. The average molecular weight is 317 g/mol. The molecule has 0 aromatic carbocycles. The summed E-state index contributed by atoms with van der Waals surface area (Å²) >= 11 is 2.57. The molecule has 0 radical (unpaired) electrons. The molecule has 0 bridgehead atoms. The highest BCUT2D eigenvalue weighted by Crippen LogP contribution is 2.20. The van der Waals surface area contributed by atoms with Crippen molar-refractivity contribution in [1.82, 2.24) is 15.9 Å². The van der Waals surface area contributed by atoms with E-state index in [1.165, 1.54) is 37.7 Å². The van der Waals surface area contributed by atoms with E-state index < -0.39 is 0 Å². The highest BCUT2D eigenvalue weighted by molar-refractivity contribution is 8.00. The third kappa shape index (κ3) is 6.75. The van der Waals surface area contributed by atoms with Crippen LogP contribution in [0.5, 0.6) is 0 Å². The minimum absolute atomic E-state index is 0.207. The molecule has 20 heavy (non-hydrogen) atoms. The molecule has 0 atom stereocenters. The fourth-order valence-corrected chi connectivity index (χ4v) is 2.53. The Labute approximate surface area is 125 Å². The van der Waals surface area contributed by atoms with Crippen molar-refractivity contribution in [3.63, 3.8) is 0 Å². The zero-order chi connectivity index (χ0) is 14.8. The number of nitrogens with one attached hydrogen (secondary N) is 2. The molecular formula is C11H15N3O4S2. The summed E-state index contributed by atoms with van der Waals surface area (Å²) in [5, 5.41) is 1.40. The zero-order valence-electron chi connectivity index (χ0n) is 11.0. The summed E-state index contributed by atoms with van der Waals surface area (Å²) in [6, 6.07) is 5.41. The van der Waals surface area contributed by atoms with E-state index in [2.05, 4.69) is 25.6 Å². The van der Waals surface area contributed by atoms with E-state index in [9.17, 15) is 9.59 Å². The van der Waals surface area contributed by atoms with Crippen LogP contribution in [0.25, 0.3) is 0 Å². The Hall–Kier alpha value is -1.29. The smallest absolute Gasteiger partial charge is 0.253 e. The van der Waals surface area contributed by atoms with Gasteiger partial charge in [-0.3, -0.25) is 19.3 Å². The minimum atomic E-state index is -0.239. The fraction of sp³-hybridized carbons (Fsp3) is 0.364. The van der Waals surface area contributed by atoms with Gasteiger partial charge in [0.05, 0.1) is 35.8 Å². The van der Waals surface area contributed by atoms with Gasteiger partial charge in [-0.25, -0.2) is 15.9 Å². The lowest BCUT2D eigenvalue weighted by Crippen LogP contribution is -2.23. The van der Waals surface area contributed by atoms with Gasteiger partial charge in [0, 0.05) is 0 Å². The number of hydrogen-bond acceptors (Lipinski definition) is 7. The number of thioether (sulfide) groups is 2. The lowest BCUT2D eigenvalue weighted by Gasteiger charge is -2.04. The van der Waals surface area contributed by atoms with Crippen molar-refractivity contribution in [2.45, 2.75) is 10.1 Å². The van der Waals surface area contributed by atoms with Gasteiger partial charge >= 0.3 is 0 Å². The first-order valence-electron chi connectivity index (χ1n) is 5.52. The van der Waals surface area contributed by atoms with E-state index in [0.717, 1.165) is 0 Å². The molecule has 1 aromatic rings. The Balaban J connectivity index is 2.45. The Bertz CT molecular complexity index is 422. The van der Waals surface area contributed by atoms with Crippen molar-refractivity contribution in [3.05, 3.63) is 18.2 Å². The molecule has 0 fully saturated rings. The fourth-order valence-electron chi connectivity index (χ4n) is 1.12. The van der Waals surface area contributed by atoms with Crippen molar-refractivity contribution in [2.24, 2.45) is 0 Å². The molecule has 1 aromatic heterocycles. The number of rotatable bonds is 8. The van der Waals surface area contributed by atoms with Crippen LogP contribution in [0.1, 0.15) is 0 Å². The van der Waals surface area contributed by atoms with Gasteiger partial charge < -0.3 is 0 Å². The zero-order valence-corrected chi connectivity index (χ0v) is 12.7. The largest absolute Gasteiger partial charge is 0.277 e. The molecule has 110 valence electrons. The summed E-state index contributed by atoms with van der Waals surface area (Å²) in [6.07, 6.45) is 0. The Kier molecular flexibility index (Phi) is 8.04. The molecule has 2 amide bonds. The Morgan fingerprint density at radius 1 is 1.05 bits per heavy atom. The number of aromatic nitrogens is 1. The molecule has 7 nitrogen and oxygen atoms in total. The highest BCUT2D eigenvalue weighted by atomic mass is 32.2. The molecule has 0 spiro atoms. The lowest BCUT2D eigenvalue weighted by molar-refractivity contribution is -0.129. The average Bonchev–Trinajstić information content (AvgIpc) is 2.44. The van der Waals surface area contributed by atoms with Gasteiger partial charge in [-0.2, -0.15) is 0 Å². The predicted octanol–water partition coefficient (Wildman–Crippen LogP) is 0.621. The third-order valence-corrected chi connectivity index (χ3v) is 3.69. The number of hydrogen-bond donors (Lipinski definition) is 2. The van der Waals surface area contributed by atoms with Crippen LogP contribution in [-0.4, -0.2) is 42.5 Å². The SMILES string of the molecule is CONC(=O)CSc1cccc(SCC(=O)NOC)n1. The van der Waals surface area contributed by atoms with Crippen LogP contribution < -0.4 is 11.0 Å². The maximum Gasteiger partial charge on any atom is 0.253 e. The normalized spacial score (nSPS) is 10.1. The van der Waals surface area contributed by atoms with Gasteiger partial charge in [0.15, 0.2) is 0 Å². The van der Waals surface area contributed by atoms with Gasteiger partial charge in [0.25, 0.3) is 11.8 Å². The first kappa shape index (κ1) is 16.8. The second kappa shape index (κ2) is 9.59. The van der Waals surface area contributed by atoms with Crippen LogP contribution in [0.4, 0.5) is 0 Å². The van der Waals surface area contributed by atoms with Crippen molar-refractivity contribution >= 4 is 35.3 Å². The molecular weight excluding hydrogens is 302 g/mol. The van der Waals surface area contributed by atoms with Crippen molar-refractivity contribution < 1.29 is 19.3 Å². The van der Waals surface area contributed by atoms with E-state index >= 15 is 0 Å². The maximum absolute atomic E-state index is 11.2. The van der Waals surface area contributed by atoms with Crippen LogP contribution in [0.15, 0.2) is 28.3 Å². The molecule has 0 saturated carbocycles. The Morgan fingerprint density at radius 3 is 1.90 bits per heavy atom. The molecule has 9 heteroatoms. The van der Waals surface area contributed by atoms with Crippen LogP contribution in [-0.2, 0) is 19.3 Å². The van der Waals surface area contributed by atoms with Crippen molar-refractivity contribution in [2.75, 3.05) is 25.7 Å². The summed E-state index contributed by atoms with van der Waals surface area (Å²) in [5.74, 6) is -0.0632. The van der Waals surface area contributed by atoms with E-state index in [1.807, 2.05) is 6.07 Å². The molecule has 0 unspecified atom stereocenters. The molecule has 2 N–H and O–H groups in total.